The number of nitrogens with zero attached hydrogens (tertiary/aromatic N) is 1. The van der Waals surface area contributed by atoms with Crippen LogP contribution in [0.5, 0.6) is 0 Å². The molecule has 0 saturated heterocycles. The summed E-state index contributed by atoms with van der Waals surface area (Å²) in [5.74, 6) is -0.136. The Morgan fingerprint density at radius 2 is 1.70 bits per heavy atom. The van der Waals surface area contributed by atoms with Crippen molar-refractivity contribution in [2.75, 3.05) is 30.7 Å². The van der Waals surface area contributed by atoms with E-state index in [4.69, 9.17) is 0 Å². The Bertz CT molecular complexity index is 1430. The Labute approximate surface area is 266 Å². The van der Waals surface area contributed by atoms with Crippen LogP contribution < -0.4 is 25.6 Å². The van der Waals surface area contributed by atoms with Gasteiger partial charge in [-0.3, -0.25) is 18.7 Å². The molecule has 1 aliphatic carbocycles. The standard InChI is InChI=1S/C33H43N5O4S2/c1-5-30(33(41)35-19-24-11-12-24)34-20-28(15-23-9-7-6-8-10-23)37-32(40)27-16-26(17-29(18-27)38(3)44(4)42)31(39)36-22(2)25-13-14-43-21-25/h6-10,13-14,16-18,21-22,24,28,30,34H,5,11-12,15,19-20H2,1-4H3,(H,35,41)(H,36,39)(H,37,40)/t22?,28-,30+,44?/m1/s1. The molecule has 0 spiro atoms. The van der Waals surface area contributed by atoms with E-state index in [1.165, 1.54) is 10.6 Å². The minimum absolute atomic E-state index is 0.0279. The van der Waals surface area contributed by atoms with Crippen molar-refractivity contribution in [1.82, 2.24) is 21.3 Å². The van der Waals surface area contributed by atoms with Crippen LogP contribution in [0.2, 0.25) is 0 Å². The summed E-state index contributed by atoms with van der Waals surface area (Å²) in [6.07, 6.45) is 5.03. The normalized spacial score (nSPS) is 15.5. The molecule has 3 amide bonds. The van der Waals surface area contributed by atoms with Crippen LogP contribution >= 0.6 is 11.3 Å². The Hall–Kier alpha value is -3.54. The fraction of sp³-hybridized carbons (Fsp3) is 0.424. The minimum atomic E-state index is -1.37. The van der Waals surface area contributed by atoms with Gasteiger partial charge in [0.2, 0.25) is 5.91 Å². The van der Waals surface area contributed by atoms with E-state index in [1.807, 2.05) is 61.0 Å². The van der Waals surface area contributed by atoms with Crippen molar-refractivity contribution in [2.24, 2.45) is 5.92 Å². The first-order valence-corrected chi connectivity index (χ1v) is 17.5. The maximum atomic E-state index is 13.8. The Balaban J connectivity index is 1.53. The smallest absolute Gasteiger partial charge is 0.251 e. The quantitative estimate of drug-likeness (QED) is 0.188. The number of benzene rings is 2. The van der Waals surface area contributed by atoms with E-state index in [0.29, 0.717) is 43.1 Å². The first-order valence-electron chi connectivity index (χ1n) is 15.1. The van der Waals surface area contributed by atoms with Gasteiger partial charge in [0.25, 0.3) is 11.8 Å². The second-order valence-electron chi connectivity index (χ2n) is 11.4. The van der Waals surface area contributed by atoms with Gasteiger partial charge in [-0.05, 0) is 84.7 Å². The highest BCUT2D eigenvalue weighted by Gasteiger charge is 2.25. The second kappa shape index (κ2) is 16.0. The lowest BCUT2D eigenvalue weighted by Crippen LogP contribution is -2.50. The summed E-state index contributed by atoms with van der Waals surface area (Å²) in [5, 5.41) is 16.5. The maximum Gasteiger partial charge on any atom is 0.251 e. The molecule has 44 heavy (non-hydrogen) atoms. The molecule has 1 aromatic heterocycles. The number of anilines is 1. The van der Waals surface area contributed by atoms with Gasteiger partial charge in [-0.25, -0.2) is 4.21 Å². The van der Waals surface area contributed by atoms with E-state index >= 15 is 0 Å². The number of hydrogen-bond donors (Lipinski definition) is 4. The Kier molecular flexibility index (Phi) is 12.1. The zero-order valence-electron chi connectivity index (χ0n) is 25.8. The summed E-state index contributed by atoms with van der Waals surface area (Å²) in [6.45, 7) is 4.95. The van der Waals surface area contributed by atoms with Gasteiger partial charge in [0.1, 0.15) is 11.0 Å². The molecule has 0 bridgehead atoms. The number of thiophene rings is 1. The predicted molar refractivity (Wildman–Crippen MR) is 178 cm³/mol. The number of carbonyl (C=O) groups excluding carboxylic acids is 3. The van der Waals surface area contributed by atoms with Crippen molar-refractivity contribution < 1.29 is 18.6 Å². The fourth-order valence-electron chi connectivity index (χ4n) is 4.83. The van der Waals surface area contributed by atoms with E-state index in [2.05, 4.69) is 21.3 Å². The molecule has 4 N–H and O–H groups in total. The number of nitrogens with one attached hydrogen (secondary N) is 4. The van der Waals surface area contributed by atoms with Gasteiger partial charge in [0.15, 0.2) is 0 Å². The third-order valence-electron chi connectivity index (χ3n) is 7.84. The lowest BCUT2D eigenvalue weighted by Gasteiger charge is -2.24. The predicted octanol–water partition coefficient (Wildman–Crippen LogP) is 4.20. The van der Waals surface area contributed by atoms with E-state index in [-0.39, 0.29) is 41.4 Å². The van der Waals surface area contributed by atoms with Crippen molar-refractivity contribution >= 4 is 45.7 Å². The SMILES string of the molecule is CC[C@H](NC[C@@H](Cc1ccccc1)NC(=O)c1cc(C(=O)NC(C)c2ccsc2)cc(N(C)S(C)=O)c1)C(=O)NCC1CC1. The van der Waals surface area contributed by atoms with Gasteiger partial charge in [-0.2, -0.15) is 11.3 Å². The van der Waals surface area contributed by atoms with Crippen LogP contribution in [0.25, 0.3) is 0 Å². The molecule has 11 heteroatoms. The van der Waals surface area contributed by atoms with Crippen molar-refractivity contribution in [3.8, 4) is 0 Å². The molecule has 1 saturated carbocycles. The Morgan fingerprint density at radius 3 is 2.30 bits per heavy atom. The molecule has 1 aliphatic rings. The molecule has 4 atom stereocenters. The molecular weight excluding hydrogens is 595 g/mol. The maximum absolute atomic E-state index is 13.8. The van der Waals surface area contributed by atoms with Gasteiger partial charge >= 0.3 is 0 Å². The largest absolute Gasteiger partial charge is 0.354 e. The number of amides is 3. The zero-order valence-corrected chi connectivity index (χ0v) is 27.4. The van der Waals surface area contributed by atoms with Crippen molar-refractivity contribution in [2.45, 2.75) is 57.7 Å². The highest BCUT2D eigenvalue weighted by atomic mass is 32.2. The van der Waals surface area contributed by atoms with Crippen LogP contribution in [-0.2, 0) is 22.2 Å². The number of hydrogen-bond acceptors (Lipinski definition) is 6. The summed E-state index contributed by atoms with van der Waals surface area (Å²) < 4.78 is 13.9. The fourth-order valence-corrected chi connectivity index (χ4v) is 5.98. The molecule has 3 aromatic rings. The number of carbonyl (C=O) groups is 3. The topological polar surface area (TPSA) is 120 Å². The molecule has 9 nitrogen and oxygen atoms in total. The summed E-state index contributed by atoms with van der Waals surface area (Å²) in [7, 11) is 0.289. The number of rotatable bonds is 16. The molecule has 1 fully saturated rings. The molecule has 0 radical (unpaired) electrons. The van der Waals surface area contributed by atoms with Crippen LogP contribution in [0.3, 0.4) is 0 Å². The third-order valence-corrected chi connectivity index (χ3v) is 9.52. The van der Waals surface area contributed by atoms with E-state index < -0.39 is 11.0 Å². The van der Waals surface area contributed by atoms with Gasteiger partial charge in [0.05, 0.1) is 17.8 Å². The van der Waals surface area contributed by atoms with Gasteiger partial charge in [-0.15, -0.1) is 0 Å². The lowest BCUT2D eigenvalue weighted by molar-refractivity contribution is -0.123. The zero-order chi connectivity index (χ0) is 31.6. The summed E-state index contributed by atoms with van der Waals surface area (Å²) >= 11 is 1.56. The van der Waals surface area contributed by atoms with E-state index in [9.17, 15) is 18.6 Å². The van der Waals surface area contributed by atoms with E-state index in [1.54, 1.807) is 36.6 Å². The molecule has 0 aliphatic heterocycles. The van der Waals surface area contributed by atoms with Crippen LogP contribution in [-0.4, -0.2) is 60.4 Å². The van der Waals surface area contributed by atoms with E-state index in [0.717, 1.165) is 24.0 Å². The Morgan fingerprint density at radius 1 is 1.02 bits per heavy atom. The monoisotopic (exact) mass is 637 g/mol. The average molecular weight is 638 g/mol. The van der Waals surface area contributed by atoms with Gasteiger partial charge < -0.3 is 21.3 Å². The highest BCUT2D eigenvalue weighted by Crippen LogP contribution is 2.27. The average Bonchev–Trinajstić information content (AvgIpc) is 3.69. The minimum Gasteiger partial charge on any atom is -0.354 e. The highest BCUT2D eigenvalue weighted by molar-refractivity contribution is 7.85. The molecule has 2 unspecified atom stereocenters. The molecule has 1 heterocycles. The molecule has 236 valence electrons. The van der Waals surface area contributed by atoms with Crippen molar-refractivity contribution in [3.63, 3.8) is 0 Å². The van der Waals surface area contributed by atoms with Crippen LogP contribution in [0.15, 0.2) is 65.4 Å². The molecular formula is C33H43N5O4S2. The first kappa shape index (κ1) is 33.4. The summed E-state index contributed by atoms with van der Waals surface area (Å²) in [4.78, 5) is 39.9. The summed E-state index contributed by atoms with van der Waals surface area (Å²) in [5.41, 5.74) is 3.10. The lowest BCUT2D eigenvalue weighted by atomic mass is 10.0. The summed E-state index contributed by atoms with van der Waals surface area (Å²) in [6, 6.07) is 15.7. The van der Waals surface area contributed by atoms with Crippen molar-refractivity contribution in [3.05, 3.63) is 87.6 Å². The van der Waals surface area contributed by atoms with Crippen LogP contribution in [0.4, 0.5) is 5.69 Å². The molecule has 2 aromatic carbocycles. The molecule has 4 rings (SSSR count). The van der Waals surface area contributed by atoms with Crippen LogP contribution in [0.1, 0.15) is 71.0 Å². The first-order chi connectivity index (χ1) is 21.1. The third kappa shape index (κ3) is 9.73. The van der Waals surface area contributed by atoms with Gasteiger partial charge in [0, 0.05) is 43.6 Å². The second-order valence-corrected chi connectivity index (χ2v) is 13.5. The van der Waals surface area contributed by atoms with Crippen LogP contribution in [0, 0.1) is 5.92 Å². The van der Waals surface area contributed by atoms with Crippen molar-refractivity contribution in [1.29, 1.82) is 0 Å². The van der Waals surface area contributed by atoms with Gasteiger partial charge in [-0.1, -0.05) is 37.3 Å².